The van der Waals surface area contributed by atoms with E-state index in [2.05, 4.69) is 16.0 Å². The van der Waals surface area contributed by atoms with Gasteiger partial charge in [-0.15, -0.1) is 0 Å². The van der Waals surface area contributed by atoms with Gasteiger partial charge in [0.05, 0.1) is 5.69 Å². The minimum atomic E-state index is -0.783. The maximum atomic E-state index is 13.4. The number of amides is 2. The second-order valence-corrected chi connectivity index (χ2v) is 5.10. The van der Waals surface area contributed by atoms with E-state index in [0.717, 1.165) is 38.1 Å². The van der Waals surface area contributed by atoms with Crippen molar-refractivity contribution in [1.82, 2.24) is 10.6 Å². The molecule has 1 unspecified atom stereocenters. The molecule has 3 N–H and O–H groups in total. The standard InChI is InChI=1S/C14H19F2N3O/c1-9(10-4-6-17-7-5-10)18-14(20)19-13-3-2-11(15)8-12(13)16/h2-3,8-10,17H,4-7H2,1H3,(H2,18,19,20). The SMILES string of the molecule is CC(NC(=O)Nc1ccc(F)cc1F)C1CCNCC1. The minimum Gasteiger partial charge on any atom is -0.335 e. The Hall–Kier alpha value is -1.69. The van der Waals surface area contributed by atoms with Gasteiger partial charge in [-0.25, -0.2) is 13.6 Å². The van der Waals surface area contributed by atoms with Gasteiger partial charge in [-0.1, -0.05) is 0 Å². The molecule has 6 heteroatoms. The summed E-state index contributed by atoms with van der Waals surface area (Å²) in [6, 6.07) is 2.60. The van der Waals surface area contributed by atoms with Crippen molar-refractivity contribution in [3.8, 4) is 0 Å². The highest BCUT2D eigenvalue weighted by molar-refractivity contribution is 5.89. The van der Waals surface area contributed by atoms with Gasteiger partial charge in [0.1, 0.15) is 11.6 Å². The van der Waals surface area contributed by atoms with Crippen LogP contribution in [0.5, 0.6) is 0 Å². The summed E-state index contributed by atoms with van der Waals surface area (Å²) in [5.74, 6) is -1.04. The molecule has 2 amide bonds. The van der Waals surface area contributed by atoms with Crippen molar-refractivity contribution in [3.63, 3.8) is 0 Å². The molecule has 1 heterocycles. The molecule has 0 spiro atoms. The van der Waals surface area contributed by atoms with E-state index in [4.69, 9.17) is 0 Å². The number of hydrogen-bond acceptors (Lipinski definition) is 2. The predicted molar refractivity (Wildman–Crippen MR) is 73.6 cm³/mol. The Morgan fingerprint density at radius 2 is 2.05 bits per heavy atom. The van der Waals surface area contributed by atoms with Crippen molar-refractivity contribution in [3.05, 3.63) is 29.8 Å². The van der Waals surface area contributed by atoms with Crippen LogP contribution in [0.15, 0.2) is 18.2 Å². The van der Waals surface area contributed by atoms with Crippen molar-refractivity contribution >= 4 is 11.7 Å². The van der Waals surface area contributed by atoms with E-state index in [1.165, 1.54) is 6.07 Å². The number of urea groups is 1. The molecule has 0 bridgehead atoms. The first-order valence-electron chi connectivity index (χ1n) is 6.79. The number of nitrogens with one attached hydrogen (secondary N) is 3. The highest BCUT2D eigenvalue weighted by atomic mass is 19.1. The van der Waals surface area contributed by atoms with E-state index in [1.54, 1.807) is 0 Å². The minimum absolute atomic E-state index is 0.0145. The van der Waals surface area contributed by atoms with Crippen LogP contribution in [0.2, 0.25) is 0 Å². The van der Waals surface area contributed by atoms with Crippen LogP contribution in [0, 0.1) is 17.6 Å². The summed E-state index contributed by atoms with van der Waals surface area (Å²) in [7, 11) is 0. The molecular formula is C14H19F2N3O. The van der Waals surface area contributed by atoms with Crippen molar-refractivity contribution in [2.45, 2.75) is 25.8 Å². The van der Waals surface area contributed by atoms with Gasteiger partial charge in [-0.05, 0) is 50.9 Å². The van der Waals surface area contributed by atoms with E-state index in [9.17, 15) is 13.6 Å². The average Bonchev–Trinajstić information content (AvgIpc) is 2.43. The van der Waals surface area contributed by atoms with Gasteiger partial charge in [-0.2, -0.15) is 0 Å². The molecule has 0 aromatic heterocycles. The summed E-state index contributed by atoms with van der Waals surface area (Å²) >= 11 is 0. The van der Waals surface area contributed by atoms with Crippen LogP contribution in [0.4, 0.5) is 19.3 Å². The van der Waals surface area contributed by atoms with Gasteiger partial charge in [-0.3, -0.25) is 0 Å². The molecule has 0 aliphatic carbocycles. The predicted octanol–water partition coefficient (Wildman–Crippen LogP) is 2.47. The third-order valence-corrected chi connectivity index (χ3v) is 3.63. The van der Waals surface area contributed by atoms with E-state index in [0.29, 0.717) is 5.92 Å². The third-order valence-electron chi connectivity index (χ3n) is 3.63. The number of halogens is 2. The summed E-state index contributed by atoms with van der Waals surface area (Å²) in [5.41, 5.74) is -0.0265. The van der Waals surface area contributed by atoms with E-state index >= 15 is 0 Å². The number of carbonyl (C=O) groups excluding carboxylic acids is 1. The van der Waals surface area contributed by atoms with Crippen LogP contribution >= 0.6 is 0 Å². The summed E-state index contributed by atoms with van der Waals surface area (Å²) in [4.78, 5) is 11.8. The van der Waals surface area contributed by atoms with Crippen LogP contribution in [0.1, 0.15) is 19.8 Å². The zero-order chi connectivity index (χ0) is 14.5. The molecule has 110 valence electrons. The first-order valence-corrected chi connectivity index (χ1v) is 6.79. The monoisotopic (exact) mass is 283 g/mol. The fraction of sp³-hybridized carbons (Fsp3) is 0.500. The second kappa shape index (κ2) is 6.65. The number of anilines is 1. The van der Waals surface area contributed by atoms with Crippen LogP contribution in [-0.4, -0.2) is 25.2 Å². The molecule has 1 aliphatic heterocycles. The zero-order valence-electron chi connectivity index (χ0n) is 11.4. The van der Waals surface area contributed by atoms with Crippen molar-refractivity contribution in [1.29, 1.82) is 0 Å². The first kappa shape index (κ1) is 14.7. The molecule has 1 aliphatic rings. The summed E-state index contributed by atoms with van der Waals surface area (Å²) in [6.07, 6.45) is 2.01. The summed E-state index contributed by atoms with van der Waals surface area (Å²) in [6.45, 7) is 3.84. The highest BCUT2D eigenvalue weighted by Crippen LogP contribution is 2.17. The van der Waals surface area contributed by atoms with Crippen LogP contribution < -0.4 is 16.0 Å². The maximum absolute atomic E-state index is 13.4. The topological polar surface area (TPSA) is 53.2 Å². The van der Waals surface area contributed by atoms with Gasteiger partial charge < -0.3 is 16.0 Å². The molecule has 1 aromatic rings. The Morgan fingerprint density at radius 1 is 1.35 bits per heavy atom. The van der Waals surface area contributed by atoms with Crippen LogP contribution in [-0.2, 0) is 0 Å². The van der Waals surface area contributed by atoms with Crippen molar-refractivity contribution < 1.29 is 13.6 Å². The molecule has 0 saturated carbocycles. The Morgan fingerprint density at radius 3 is 2.70 bits per heavy atom. The van der Waals surface area contributed by atoms with Gasteiger partial charge in [0.15, 0.2) is 0 Å². The largest absolute Gasteiger partial charge is 0.335 e. The molecule has 1 atom stereocenters. The molecule has 1 fully saturated rings. The number of rotatable bonds is 3. The van der Waals surface area contributed by atoms with E-state index in [1.807, 2.05) is 6.92 Å². The fourth-order valence-corrected chi connectivity index (χ4v) is 2.42. The highest BCUT2D eigenvalue weighted by Gasteiger charge is 2.21. The lowest BCUT2D eigenvalue weighted by Gasteiger charge is -2.28. The van der Waals surface area contributed by atoms with Gasteiger partial charge in [0.2, 0.25) is 0 Å². The summed E-state index contributed by atoms with van der Waals surface area (Å²) in [5, 5.41) is 8.46. The van der Waals surface area contributed by atoms with E-state index in [-0.39, 0.29) is 11.7 Å². The zero-order valence-corrected chi connectivity index (χ0v) is 11.4. The van der Waals surface area contributed by atoms with Crippen LogP contribution in [0.3, 0.4) is 0 Å². The average molecular weight is 283 g/mol. The number of carbonyl (C=O) groups is 1. The molecule has 20 heavy (non-hydrogen) atoms. The molecular weight excluding hydrogens is 264 g/mol. The first-order chi connectivity index (χ1) is 9.56. The number of hydrogen-bond donors (Lipinski definition) is 3. The molecule has 1 saturated heterocycles. The lowest BCUT2D eigenvalue weighted by Crippen LogP contribution is -2.44. The Labute approximate surface area is 116 Å². The maximum Gasteiger partial charge on any atom is 0.319 e. The van der Waals surface area contributed by atoms with Crippen molar-refractivity contribution in [2.75, 3.05) is 18.4 Å². The summed E-state index contributed by atoms with van der Waals surface area (Å²) < 4.78 is 26.2. The normalized spacial score (nSPS) is 17.6. The lowest BCUT2D eigenvalue weighted by atomic mass is 9.91. The van der Waals surface area contributed by atoms with E-state index < -0.39 is 17.7 Å². The van der Waals surface area contributed by atoms with Gasteiger partial charge >= 0.3 is 6.03 Å². The number of benzene rings is 1. The Bertz CT molecular complexity index is 475. The third kappa shape index (κ3) is 3.90. The molecule has 4 nitrogen and oxygen atoms in total. The smallest absolute Gasteiger partial charge is 0.319 e. The molecule has 0 radical (unpaired) electrons. The van der Waals surface area contributed by atoms with Crippen molar-refractivity contribution in [2.24, 2.45) is 5.92 Å². The quantitative estimate of drug-likeness (QED) is 0.798. The lowest BCUT2D eigenvalue weighted by molar-refractivity contribution is 0.237. The van der Waals surface area contributed by atoms with Gasteiger partial charge in [0.25, 0.3) is 0 Å². The number of piperidine rings is 1. The Kier molecular flexibility index (Phi) is 4.89. The Balaban J connectivity index is 1.88. The molecule has 1 aromatic carbocycles. The van der Waals surface area contributed by atoms with Crippen LogP contribution in [0.25, 0.3) is 0 Å². The molecule has 2 rings (SSSR count). The fourth-order valence-electron chi connectivity index (χ4n) is 2.42. The second-order valence-electron chi connectivity index (χ2n) is 5.10. The van der Waals surface area contributed by atoms with Gasteiger partial charge in [0, 0.05) is 12.1 Å².